The molecule has 0 aliphatic carbocycles. The van der Waals surface area contributed by atoms with Gasteiger partial charge in [0.2, 0.25) is 0 Å². The fourth-order valence-corrected chi connectivity index (χ4v) is 3.30. The first kappa shape index (κ1) is 14.6. The fourth-order valence-electron chi connectivity index (χ4n) is 2.04. The Hall–Kier alpha value is -0.784. The number of hydrogen-bond donors (Lipinski definition) is 2. The Morgan fingerprint density at radius 2 is 2.21 bits per heavy atom. The zero-order valence-electron chi connectivity index (χ0n) is 11.2. The normalized spacial score (nSPS) is 15.2. The summed E-state index contributed by atoms with van der Waals surface area (Å²) < 4.78 is 0.935. The first-order valence-electron chi connectivity index (χ1n) is 6.54. The van der Waals surface area contributed by atoms with Crippen LogP contribution in [-0.4, -0.2) is 22.0 Å². The molecule has 0 atom stereocenters. The zero-order chi connectivity index (χ0) is 13.8. The number of nitrogens with one attached hydrogen (secondary N) is 2. The summed E-state index contributed by atoms with van der Waals surface area (Å²) in [5, 5.41) is 12.0. The van der Waals surface area contributed by atoms with Crippen LogP contribution in [0.2, 0.25) is 0 Å². The number of anilines is 2. The van der Waals surface area contributed by atoms with Gasteiger partial charge in [0.25, 0.3) is 0 Å². The van der Waals surface area contributed by atoms with Gasteiger partial charge in [-0.15, -0.1) is 0 Å². The van der Waals surface area contributed by atoms with E-state index in [1.165, 1.54) is 17.3 Å². The molecule has 1 fully saturated rings. The van der Waals surface area contributed by atoms with E-state index in [0.29, 0.717) is 5.17 Å². The van der Waals surface area contributed by atoms with Crippen LogP contribution < -0.4 is 10.2 Å². The van der Waals surface area contributed by atoms with Crippen LogP contribution in [0, 0.1) is 5.41 Å². The quantitative estimate of drug-likeness (QED) is 0.875. The minimum atomic E-state index is 0.561. The second-order valence-corrected chi connectivity index (χ2v) is 5.97. The van der Waals surface area contributed by atoms with E-state index in [2.05, 4.69) is 52.7 Å². The van der Waals surface area contributed by atoms with Gasteiger partial charge in [-0.05, 0) is 0 Å². The number of amidine groups is 1. The standard InChI is InChI=1S/C14H19N3S.Co/c1-3-7-16-12-6-5-11(4-2)13(10-12)17-8-9-18-14(17)15;/h5-6,10,15-16H,3-4,7,9H2,1-2H3;. The molecule has 0 radical (unpaired) electrons. The first-order chi connectivity index (χ1) is 9.17. The van der Waals surface area contributed by atoms with Gasteiger partial charge in [-0.3, -0.25) is 0 Å². The molecule has 0 saturated carbocycles. The van der Waals surface area contributed by atoms with Crippen LogP contribution in [0.15, 0.2) is 18.2 Å². The number of nitrogens with zero attached hydrogens (tertiary/aromatic N) is 1. The van der Waals surface area contributed by atoms with Crippen molar-refractivity contribution < 1.29 is 15.3 Å². The molecule has 19 heavy (non-hydrogen) atoms. The summed E-state index contributed by atoms with van der Waals surface area (Å²) >= 11 is 6.09. The Bertz CT molecular complexity index is 485. The van der Waals surface area contributed by atoms with Crippen molar-refractivity contribution in [1.82, 2.24) is 0 Å². The van der Waals surface area contributed by atoms with Crippen molar-refractivity contribution >= 4 is 32.9 Å². The first-order valence-corrected chi connectivity index (χ1v) is 8.05. The predicted octanol–water partition coefficient (Wildman–Crippen LogP) is 3.24. The van der Waals surface area contributed by atoms with Crippen molar-refractivity contribution in [3.05, 3.63) is 23.8 Å². The van der Waals surface area contributed by atoms with E-state index < -0.39 is 0 Å². The minimum absolute atomic E-state index is 0.561. The van der Waals surface area contributed by atoms with Gasteiger partial charge in [-0.2, -0.15) is 0 Å². The van der Waals surface area contributed by atoms with E-state index in [0.717, 1.165) is 41.1 Å². The van der Waals surface area contributed by atoms with Gasteiger partial charge in [-0.1, -0.05) is 0 Å². The molecule has 1 aromatic rings. The van der Waals surface area contributed by atoms with Crippen LogP contribution in [-0.2, 0) is 21.7 Å². The van der Waals surface area contributed by atoms with Crippen molar-refractivity contribution in [2.45, 2.75) is 26.7 Å². The molecular formula is C14H19CoN3S. The maximum atomic E-state index is 8.05. The summed E-state index contributed by atoms with van der Waals surface area (Å²) in [5.74, 6) is 0.786. The van der Waals surface area contributed by atoms with Gasteiger partial charge in [0.1, 0.15) is 0 Å². The molecule has 1 aliphatic heterocycles. The van der Waals surface area contributed by atoms with Gasteiger partial charge in [-0.25, -0.2) is 0 Å². The molecule has 0 unspecified atom stereocenters. The SMILES string of the molecule is CCCNc1ccc(CC)c(N2C(=N)SC[C]2=[Co])c1. The topological polar surface area (TPSA) is 39.1 Å². The fraction of sp³-hybridized carbons (Fsp3) is 0.429. The second-order valence-electron chi connectivity index (χ2n) is 4.40. The van der Waals surface area contributed by atoms with E-state index in [1.807, 2.05) is 4.90 Å². The molecule has 0 spiro atoms. The number of hydrogen-bond acceptors (Lipinski definition) is 3. The van der Waals surface area contributed by atoms with Crippen LogP contribution in [0.1, 0.15) is 25.8 Å². The van der Waals surface area contributed by atoms with Gasteiger partial charge in [0.05, 0.1) is 0 Å². The Kier molecular flexibility index (Phi) is 5.07. The molecule has 0 aromatic heterocycles. The van der Waals surface area contributed by atoms with Gasteiger partial charge in [0, 0.05) is 0 Å². The van der Waals surface area contributed by atoms with Crippen molar-refractivity contribution in [1.29, 1.82) is 5.41 Å². The molecule has 1 aromatic carbocycles. The number of aryl methyl sites for hydroxylation is 1. The van der Waals surface area contributed by atoms with Crippen LogP contribution in [0.5, 0.6) is 0 Å². The van der Waals surface area contributed by atoms with Gasteiger partial charge in [0.15, 0.2) is 0 Å². The molecule has 3 nitrogen and oxygen atoms in total. The van der Waals surface area contributed by atoms with Gasteiger partial charge >= 0.3 is 127 Å². The number of rotatable bonds is 5. The molecule has 0 amide bonds. The van der Waals surface area contributed by atoms with Gasteiger partial charge < -0.3 is 0 Å². The predicted molar refractivity (Wildman–Crippen MR) is 82.3 cm³/mol. The number of benzene rings is 1. The number of thioether (sulfide) groups is 1. The summed E-state index contributed by atoms with van der Waals surface area (Å²) in [5.41, 5.74) is 3.44. The van der Waals surface area contributed by atoms with Crippen LogP contribution in [0.4, 0.5) is 11.4 Å². The zero-order valence-corrected chi connectivity index (χ0v) is 13.1. The third kappa shape index (κ3) is 3.21. The van der Waals surface area contributed by atoms with E-state index in [-0.39, 0.29) is 0 Å². The second kappa shape index (κ2) is 6.59. The Morgan fingerprint density at radius 1 is 1.42 bits per heavy atom. The van der Waals surface area contributed by atoms with Crippen LogP contribution >= 0.6 is 11.8 Å². The van der Waals surface area contributed by atoms with E-state index in [1.54, 1.807) is 0 Å². The van der Waals surface area contributed by atoms with Crippen molar-refractivity contribution in [2.75, 3.05) is 22.5 Å². The third-order valence-corrected chi connectivity index (χ3v) is 4.55. The molecule has 1 heterocycles. The van der Waals surface area contributed by atoms with Crippen molar-refractivity contribution in [3.63, 3.8) is 0 Å². The Labute approximate surface area is 126 Å². The summed E-state index contributed by atoms with van der Waals surface area (Å²) in [6.45, 7) is 5.26. The molecule has 5 heteroatoms. The summed E-state index contributed by atoms with van der Waals surface area (Å²) in [6.07, 6.45) is 2.06. The van der Waals surface area contributed by atoms with Crippen molar-refractivity contribution in [2.24, 2.45) is 0 Å². The molecule has 1 aliphatic rings. The average Bonchev–Trinajstić information content (AvgIpc) is 2.75. The molecule has 2 N–H and O–H groups in total. The van der Waals surface area contributed by atoms with E-state index in [9.17, 15) is 0 Å². The Balaban J connectivity index is 2.35. The van der Waals surface area contributed by atoms with Crippen LogP contribution in [0.3, 0.4) is 0 Å². The average molecular weight is 320 g/mol. The summed E-state index contributed by atoms with van der Waals surface area (Å²) in [7, 11) is 0. The maximum absolute atomic E-state index is 8.05. The molecule has 105 valence electrons. The summed E-state index contributed by atoms with van der Waals surface area (Å²) in [4.78, 5) is 1.95. The van der Waals surface area contributed by atoms with E-state index >= 15 is 0 Å². The van der Waals surface area contributed by atoms with Crippen molar-refractivity contribution in [3.8, 4) is 0 Å². The third-order valence-electron chi connectivity index (χ3n) is 3.04. The molecule has 2 rings (SSSR count). The van der Waals surface area contributed by atoms with Crippen LogP contribution in [0.25, 0.3) is 0 Å². The molecular weight excluding hydrogens is 301 g/mol. The molecule has 1 saturated heterocycles. The monoisotopic (exact) mass is 320 g/mol. The van der Waals surface area contributed by atoms with E-state index in [4.69, 9.17) is 5.41 Å². The Morgan fingerprint density at radius 3 is 2.79 bits per heavy atom. The molecule has 0 bridgehead atoms. The summed E-state index contributed by atoms with van der Waals surface area (Å²) in [6, 6.07) is 6.39.